The zero-order valence-electron chi connectivity index (χ0n) is 12.7. The Bertz CT molecular complexity index is 436. The fourth-order valence-electron chi connectivity index (χ4n) is 2.78. The number of benzene rings is 1. The second-order valence-corrected chi connectivity index (χ2v) is 6.27. The van der Waals surface area contributed by atoms with Crippen LogP contribution < -0.4 is 5.32 Å². The minimum atomic E-state index is -0.184. The first kappa shape index (κ1) is 15.1. The molecule has 1 aromatic rings. The van der Waals surface area contributed by atoms with Crippen LogP contribution in [0.15, 0.2) is 30.3 Å². The fourth-order valence-corrected chi connectivity index (χ4v) is 2.78. The number of piperidine rings is 1. The van der Waals surface area contributed by atoms with Crippen LogP contribution in [0.2, 0.25) is 0 Å². The van der Waals surface area contributed by atoms with E-state index in [2.05, 4.69) is 60.3 Å². The summed E-state index contributed by atoms with van der Waals surface area (Å²) in [5.74, 6) is 2.82. The first-order valence-corrected chi connectivity index (χ1v) is 7.61. The van der Waals surface area contributed by atoms with Gasteiger partial charge in [0.25, 0.3) is 0 Å². The van der Waals surface area contributed by atoms with Gasteiger partial charge >= 0.3 is 0 Å². The number of hydrogen-bond acceptors (Lipinski definition) is 2. The predicted octanol–water partition coefficient (Wildman–Crippen LogP) is 2.69. The van der Waals surface area contributed by atoms with Gasteiger partial charge < -0.3 is 4.90 Å². The molecule has 0 saturated carbocycles. The standard InChI is InChI=1S/C18H26N2/c1-4-18(2,3)19-17-11-14-20(15-12-17)13-10-16-8-6-5-7-9-16/h1,5-9,17,19H,10-15H2,2-3H3. The molecule has 108 valence electrons. The van der Waals surface area contributed by atoms with E-state index in [0.717, 1.165) is 13.0 Å². The molecule has 0 spiro atoms. The fraction of sp³-hybridized carbons (Fsp3) is 0.556. The van der Waals surface area contributed by atoms with Crippen molar-refractivity contribution in [2.24, 2.45) is 0 Å². The van der Waals surface area contributed by atoms with Crippen molar-refractivity contribution in [3.63, 3.8) is 0 Å². The number of rotatable bonds is 5. The Morgan fingerprint density at radius 2 is 1.90 bits per heavy atom. The summed E-state index contributed by atoms with van der Waals surface area (Å²) < 4.78 is 0. The van der Waals surface area contributed by atoms with Crippen molar-refractivity contribution in [2.45, 2.75) is 44.7 Å². The number of nitrogens with one attached hydrogen (secondary N) is 1. The highest BCUT2D eigenvalue weighted by Gasteiger charge is 2.23. The molecule has 20 heavy (non-hydrogen) atoms. The van der Waals surface area contributed by atoms with Crippen molar-refractivity contribution < 1.29 is 0 Å². The average molecular weight is 270 g/mol. The van der Waals surface area contributed by atoms with Crippen molar-refractivity contribution in [1.82, 2.24) is 10.2 Å². The highest BCUT2D eigenvalue weighted by molar-refractivity contribution is 5.15. The molecule has 2 heteroatoms. The zero-order valence-corrected chi connectivity index (χ0v) is 12.7. The molecule has 0 aromatic heterocycles. The van der Waals surface area contributed by atoms with Crippen LogP contribution >= 0.6 is 0 Å². The third kappa shape index (κ3) is 4.67. The smallest absolute Gasteiger partial charge is 0.0743 e. The lowest BCUT2D eigenvalue weighted by molar-refractivity contribution is 0.188. The topological polar surface area (TPSA) is 15.3 Å². The molecule has 0 bridgehead atoms. The summed E-state index contributed by atoms with van der Waals surface area (Å²) in [4.78, 5) is 2.56. The second-order valence-electron chi connectivity index (χ2n) is 6.27. The summed E-state index contributed by atoms with van der Waals surface area (Å²) in [6.45, 7) is 7.66. The number of hydrogen-bond donors (Lipinski definition) is 1. The Labute approximate surface area is 123 Å². The molecule has 1 aliphatic heterocycles. The highest BCUT2D eigenvalue weighted by Crippen LogP contribution is 2.14. The molecule has 1 fully saturated rings. The minimum absolute atomic E-state index is 0.184. The molecule has 0 aliphatic carbocycles. The molecule has 0 amide bonds. The molecule has 0 radical (unpaired) electrons. The van der Waals surface area contributed by atoms with E-state index in [1.54, 1.807) is 0 Å². The van der Waals surface area contributed by atoms with Crippen molar-refractivity contribution in [3.8, 4) is 12.3 Å². The molecule has 1 aliphatic rings. The van der Waals surface area contributed by atoms with Gasteiger partial charge in [-0.15, -0.1) is 6.42 Å². The van der Waals surface area contributed by atoms with Gasteiger partial charge in [-0.05, 0) is 51.8 Å². The summed E-state index contributed by atoms with van der Waals surface area (Å²) in [6.07, 6.45) is 9.08. The molecule has 1 N–H and O–H groups in total. The average Bonchev–Trinajstić information content (AvgIpc) is 2.47. The van der Waals surface area contributed by atoms with Crippen molar-refractivity contribution in [1.29, 1.82) is 0 Å². The van der Waals surface area contributed by atoms with Gasteiger partial charge in [0.15, 0.2) is 0 Å². The lowest BCUT2D eigenvalue weighted by atomic mass is 9.99. The summed E-state index contributed by atoms with van der Waals surface area (Å²) in [5, 5.41) is 3.58. The lowest BCUT2D eigenvalue weighted by Crippen LogP contribution is -2.50. The van der Waals surface area contributed by atoms with Gasteiger partial charge in [-0.25, -0.2) is 0 Å². The van der Waals surface area contributed by atoms with E-state index in [9.17, 15) is 0 Å². The van der Waals surface area contributed by atoms with Gasteiger partial charge in [0.2, 0.25) is 0 Å². The molecular weight excluding hydrogens is 244 g/mol. The molecule has 0 atom stereocenters. The summed E-state index contributed by atoms with van der Waals surface area (Å²) in [6, 6.07) is 11.3. The monoisotopic (exact) mass is 270 g/mol. The van der Waals surface area contributed by atoms with Gasteiger partial charge in [-0.2, -0.15) is 0 Å². The normalized spacial score (nSPS) is 17.9. The third-order valence-corrected chi connectivity index (χ3v) is 4.07. The Morgan fingerprint density at radius 1 is 1.25 bits per heavy atom. The number of nitrogens with zero attached hydrogens (tertiary/aromatic N) is 1. The largest absolute Gasteiger partial charge is 0.303 e. The van der Waals surface area contributed by atoms with E-state index < -0.39 is 0 Å². The van der Waals surface area contributed by atoms with Crippen LogP contribution in [0, 0.1) is 12.3 Å². The second kappa shape index (κ2) is 6.92. The molecule has 1 heterocycles. The summed E-state index contributed by atoms with van der Waals surface area (Å²) in [7, 11) is 0. The molecule has 1 saturated heterocycles. The summed E-state index contributed by atoms with van der Waals surface area (Å²) >= 11 is 0. The van der Waals surface area contributed by atoms with Crippen LogP contribution in [0.4, 0.5) is 0 Å². The van der Waals surface area contributed by atoms with E-state index in [1.165, 1.54) is 31.5 Å². The van der Waals surface area contributed by atoms with Gasteiger partial charge in [-0.3, -0.25) is 5.32 Å². The zero-order chi connectivity index (χ0) is 14.4. The quantitative estimate of drug-likeness (QED) is 0.828. The van der Waals surface area contributed by atoms with E-state index in [4.69, 9.17) is 6.42 Å². The van der Waals surface area contributed by atoms with Crippen molar-refractivity contribution >= 4 is 0 Å². The van der Waals surface area contributed by atoms with Crippen LogP contribution in [0.5, 0.6) is 0 Å². The first-order chi connectivity index (χ1) is 9.59. The van der Waals surface area contributed by atoms with Gasteiger partial charge in [-0.1, -0.05) is 36.3 Å². The molecular formula is C18H26N2. The maximum atomic E-state index is 5.54. The van der Waals surface area contributed by atoms with E-state index in [0.29, 0.717) is 6.04 Å². The maximum absolute atomic E-state index is 5.54. The number of likely N-dealkylation sites (tertiary alicyclic amines) is 1. The van der Waals surface area contributed by atoms with Crippen LogP contribution in [0.3, 0.4) is 0 Å². The van der Waals surface area contributed by atoms with E-state index in [-0.39, 0.29) is 5.54 Å². The Kier molecular flexibility index (Phi) is 5.23. The maximum Gasteiger partial charge on any atom is 0.0743 e. The van der Waals surface area contributed by atoms with Gasteiger partial charge in [0.1, 0.15) is 0 Å². The SMILES string of the molecule is C#CC(C)(C)NC1CCN(CCc2ccccc2)CC1. The third-order valence-electron chi connectivity index (χ3n) is 4.07. The molecule has 2 nitrogen and oxygen atoms in total. The summed E-state index contributed by atoms with van der Waals surface area (Å²) in [5.41, 5.74) is 1.25. The van der Waals surface area contributed by atoms with Crippen LogP contribution in [0.25, 0.3) is 0 Å². The molecule has 1 aromatic carbocycles. The van der Waals surface area contributed by atoms with E-state index in [1.807, 2.05) is 0 Å². The Balaban J connectivity index is 1.71. The number of terminal acetylenes is 1. The Morgan fingerprint density at radius 3 is 2.50 bits per heavy atom. The van der Waals surface area contributed by atoms with E-state index >= 15 is 0 Å². The lowest BCUT2D eigenvalue weighted by Gasteiger charge is -2.35. The van der Waals surface area contributed by atoms with Crippen molar-refractivity contribution in [2.75, 3.05) is 19.6 Å². The Hall–Kier alpha value is -1.30. The van der Waals surface area contributed by atoms with Crippen LogP contribution in [0.1, 0.15) is 32.3 Å². The molecule has 2 rings (SSSR count). The first-order valence-electron chi connectivity index (χ1n) is 7.61. The van der Waals surface area contributed by atoms with Crippen LogP contribution in [-0.2, 0) is 6.42 Å². The van der Waals surface area contributed by atoms with Crippen LogP contribution in [-0.4, -0.2) is 36.1 Å². The predicted molar refractivity (Wildman–Crippen MR) is 85.7 cm³/mol. The molecule has 0 unspecified atom stereocenters. The van der Waals surface area contributed by atoms with Gasteiger partial charge in [0.05, 0.1) is 5.54 Å². The van der Waals surface area contributed by atoms with Crippen molar-refractivity contribution in [3.05, 3.63) is 35.9 Å². The van der Waals surface area contributed by atoms with Gasteiger partial charge in [0, 0.05) is 12.6 Å². The minimum Gasteiger partial charge on any atom is -0.303 e. The highest BCUT2D eigenvalue weighted by atomic mass is 15.1.